The molecule has 23 heavy (non-hydrogen) atoms. The number of carbonyl (C=O) groups is 1. The molecule has 2 rings (SSSR count). The van der Waals surface area contributed by atoms with Gasteiger partial charge in [-0.25, -0.2) is 0 Å². The number of amides is 1. The van der Waals surface area contributed by atoms with Crippen molar-refractivity contribution in [2.45, 2.75) is 32.3 Å². The highest BCUT2D eigenvalue weighted by molar-refractivity contribution is 5.94. The first-order chi connectivity index (χ1) is 10.8. The summed E-state index contributed by atoms with van der Waals surface area (Å²) in [5.74, 6) is 0.768. The molecule has 0 unspecified atom stereocenters. The monoisotopic (exact) mass is 342 g/mol. The largest absolute Gasteiger partial charge is 0.490 e. The van der Waals surface area contributed by atoms with Crippen molar-refractivity contribution in [1.29, 1.82) is 0 Å². The van der Waals surface area contributed by atoms with E-state index < -0.39 is 0 Å². The molecule has 1 aliphatic heterocycles. The molecule has 0 aliphatic carbocycles. The fourth-order valence-electron chi connectivity index (χ4n) is 2.34. The highest BCUT2D eigenvalue weighted by Gasteiger charge is 2.15. The molecule has 130 valence electrons. The van der Waals surface area contributed by atoms with Gasteiger partial charge in [0.25, 0.3) is 5.91 Å². The van der Waals surface area contributed by atoms with Crippen LogP contribution >= 0.6 is 12.4 Å². The number of ether oxygens (including phenoxy) is 2. The molecule has 1 aromatic rings. The van der Waals surface area contributed by atoms with Gasteiger partial charge in [0, 0.05) is 31.5 Å². The Bertz CT molecular complexity index is 448. The van der Waals surface area contributed by atoms with Gasteiger partial charge in [-0.2, -0.15) is 0 Å². The fourth-order valence-corrected chi connectivity index (χ4v) is 2.34. The van der Waals surface area contributed by atoms with Crippen LogP contribution in [0.5, 0.6) is 5.75 Å². The zero-order valence-electron chi connectivity index (χ0n) is 13.7. The second-order valence-electron chi connectivity index (χ2n) is 5.46. The van der Waals surface area contributed by atoms with Gasteiger partial charge >= 0.3 is 0 Å². The molecule has 0 aromatic heterocycles. The van der Waals surface area contributed by atoms with Gasteiger partial charge in [0.1, 0.15) is 11.9 Å². The standard InChI is InChI=1S/C17H26N2O3.ClH/c1-2-9-18-10-11-19-17(20)14-3-5-15(6-4-14)22-16-7-12-21-13-8-16;/h3-6,16,18H,2,7-13H2,1H3,(H,19,20);1H. The van der Waals surface area contributed by atoms with Crippen molar-refractivity contribution in [2.24, 2.45) is 0 Å². The first-order valence-corrected chi connectivity index (χ1v) is 8.13. The van der Waals surface area contributed by atoms with E-state index in [2.05, 4.69) is 17.6 Å². The second kappa shape index (κ2) is 11.3. The van der Waals surface area contributed by atoms with Crippen molar-refractivity contribution < 1.29 is 14.3 Å². The first kappa shape index (κ1) is 19.7. The van der Waals surface area contributed by atoms with E-state index in [4.69, 9.17) is 9.47 Å². The van der Waals surface area contributed by atoms with Gasteiger partial charge < -0.3 is 20.1 Å². The highest BCUT2D eigenvalue weighted by atomic mass is 35.5. The lowest BCUT2D eigenvalue weighted by molar-refractivity contribution is 0.0256. The summed E-state index contributed by atoms with van der Waals surface area (Å²) in [6.07, 6.45) is 3.17. The van der Waals surface area contributed by atoms with Crippen LogP contribution in [0, 0.1) is 0 Å². The van der Waals surface area contributed by atoms with E-state index in [0.717, 1.165) is 51.3 Å². The Kier molecular flexibility index (Phi) is 9.67. The number of rotatable bonds is 8. The summed E-state index contributed by atoms with van der Waals surface area (Å²) < 4.78 is 11.2. The third kappa shape index (κ3) is 7.20. The van der Waals surface area contributed by atoms with E-state index in [1.807, 2.05) is 24.3 Å². The minimum Gasteiger partial charge on any atom is -0.490 e. The van der Waals surface area contributed by atoms with Crippen molar-refractivity contribution in [3.8, 4) is 5.75 Å². The summed E-state index contributed by atoms with van der Waals surface area (Å²) in [7, 11) is 0. The fraction of sp³-hybridized carbons (Fsp3) is 0.588. The Hall–Kier alpha value is -1.30. The lowest BCUT2D eigenvalue weighted by Gasteiger charge is -2.23. The predicted molar refractivity (Wildman–Crippen MR) is 93.7 cm³/mol. The Morgan fingerprint density at radius 3 is 2.52 bits per heavy atom. The summed E-state index contributed by atoms with van der Waals surface area (Å²) >= 11 is 0. The van der Waals surface area contributed by atoms with Crippen LogP contribution in [0.15, 0.2) is 24.3 Å². The van der Waals surface area contributed by atoms with Crippen LogP contribution in [-0.4, -0.2) is 44.9 Å². The van der Waals surface area contributed by atoms with Crippen LogP contribution in [-0.2, 0) is 4.74 Å². The van der Waals surface area contributed by atoms with E-state index in [9.17, 15) is 4.79 Å². The number of carbonyl (C=O) groups excluding carboxylic acids is 1. The minimum absolute atomic E-state index is 0. The number of nitrogens with one attached hydrogen (secondary N) is 2. The molecule has 2 N–H and O–H groups in total. The number of halogens is 1. The molecule has 0 atom stereocenters. The molecule has 1 amide bonds. The Balaban J connectivity index is 0.00000264. The van der Waals surface area contributed by atoms with Gasteiger partial charge in [-0.1, -0.05) is 6.92 Å². The van der Waals surface area contributed by atoms with Crippen LogP contribution < -0.4 is 15.4 Å². The maximum Gasteiger partial charge on any atom is 0.251 e. The minimum atomic E-state index is -0.0454. The first-order valence-electron chi connectivity index (χ1n) is 8.13. The maximum atomic E-state index is 12.0. The van der Waals surface area contributed by atoms with E-state index >= 15 is 0 Å². The van der Waals surface area contributed by atoms with E-state index in [1.54, 1.807) is 0 Å². The molecule has 1 fully saturated rings. The summed E-state index contributed by atoms with van der Waals surface area (Å²) in [6, 6.07) is 7.34. The summed E-state index contributed by atoms with van der Waals surface area (Å²) in [4.78, 5) is 12.0. The van der Waals surface area contributed by atoms with E-state index in [-0.39, 0.29) is 24.4 Å². The summed E-state index contributed by atoms with van der Waals surface area (Å²) in [5.41, 5.74) is 0.662. The molecule has 0 radical (unpaired) electrons. The molecular weight excluding hydrogens is 316 g/mol. The summed E-state index contributed by atoms with van der Waals surface area (Å²) in [6.45, 7) is 6.06. The molecular formula is C17H27ClN2O3. The second-order valence-corrected chi connectivity index (χ2v) is 5.46. The molecule has 0 bridgehead atoms. The van der Waals surface area contributed by atoms with Crippen LogP contribution in [0.4, 0.5) is 0 Å². The number of hydrogen-bond donors (Lipinski definition) is 2. The predicted octanol–water partition coefficient (Wildman–Crippen LogP) is 2.40. The van der Waals surface area contributed by atoms with Crippen LogP contribution in [0.2, 0.25) is 0 Å². The lowest BCUT2D eigenvalue weighted by atomic mass is 10.1. The molecule has 6 heteroatoms. The topological polar surface area (TPSA) is 59.6 Å². The summed E-state index contributed by atoms with van der Waals surface area (Å²) in [5, 5.41) is 6.15. The van der Waals surface area contributed by atoms with Crippen LogP contribution in [0.25, 0.3) is 0 Å². The van der Waals surface area contributed by atoms with E-state index in [1.165, 1.54) is 0 Å². The van der Waals surface area contributed by atoms with E-state index in [0.29, 0.717) is 12.1 Å². The maximum absolute atomic E-state index is 12.0. The van der Waals surface area contributed by atoms with Crippen molar-refractivity contribution >= 4 is 18.3 Å². The molecule has 1 aliphatic rings. The van der Waals surface area contributed by atoms with Crippen LogP contribution in [0.3, 0.4) is 0 Å². The van der Waals surface area contributed by atoms with Gasteiger partial charge in [0.15, 0.2) is 0 Å². The van der Waals surface area contributed by atoms with Gasteiger partial charge in [-0.05, 0) is 37.2 Å². The zero-order chi connectivity index (χ0) is 15.6. The molecule has 0 spiro atoms. The number of benzene rings is 1. The molecule has 1 heterocycles. The van der Waals surface area contributed by atoms with Gasteiger partial charge in [-0.3, -0.25) is 4.79 Å². The van der Waals surface area contributed by atoms with Crippen molar-refractivity contribution in [3.05, 3.63) is 29.8 Å². The van der Waals surface area contributed by atoms with Gasteiger partial charge in [0.05, 0.1) is 13.2 Å². The van der Waals surface area contributed by atoms with Crippen molar-refractivity contribution in [2.75, 3.05) is 32.8 Å². The SMILES string of the molecule is CCCNCCNC(=O)c1ccc(OC2CCOCC2)cc1.Cl. The smallest absolute Gasteiger partial charge is 0.251 e. The average Bonchev–Trinajstić information content (AvgIpc) is 2.56. The Morgan fingerprint density at radius 1 is 1.17 bits per heavy atom. The average molecular weight is 343 g/mol. The quantitative estimate of drug-likeness (QED) is 0.712. The van der Waals surface area contributed by atoms with Crippen LogP contribution in [0.1, 0.15) is 36.5 Å². The van der Waals surface area contributed by atoms with Crippen molar-refractivity contribution in [1.82, 2.24) is 10.6 Å². The molecule has 1 saturated heterocycles. The normalized spacial score (nSPS) is 14.8. The zero-order valence-corrected chi connectivity index (χ0v) is 14.5. The molecule has 5 nitrogen and oxygen atoms in total. The van der Waals surface area contributed by atoms with Gasteiger partial charge in [0.2, 0.25) is 0 Å². The third-order valence-corrected chi connectivity index (χ3v) is 3.60. The molecule has 0 saturated carbocycles. The lowest BCUT2D eigenvalue weighted by Crippen LogP contribution is -2.32. The Morgan fingerprint density at radius 2 is 1.87 bits per heavy atom. The molecule has 1 aromatic carbocycles. The highest BCUT2D eigenvalue weighted by Crippen LogP contribution is 2.18. The third-order valence-electron chi connectivity index (χ3n) is 3.60. The number of hydrogen-bond acceptors (Lipinski definition) is 4. The van der Waals surface area contributed by atoms with Crippen molar-refractivity contribution in [3.63, 3.8) is 0 Å². The Labute approximate surface area is 144 Å². The van der Waals surface area contributed by atoms with Gasteiger partial charge in [-0.15, -0.1) is 12.4 Å².